The van der Waals surface area contributed by atoms with Crippen molar-refractivity contribution in [3.05, 3.63) is 36.4 Å². The highest BCUT2D eigenvalue weighted by molar-refractivity contribution is 7.92. The first-order valence-electron chi connectivity index (χ1n) is 4.44. The molecule has 5 nitrogen and oxygen atoms in total. The van der Waals surface area contributed by atoms with Gasteiger partial charge in [-0.15, -0.1) is 0 Å². The van der Waals surface area contributed by atoms with Crippen LogP contribution < -0.4 is 5.90 Å². The van der Waals surface area contributed by atoms with E-state index in [9.17, 15) is 13.9 Å². The van der Waals surface area contributed by atoms with Crippen molar-refractivity contribution in [2.45, 2.75) is 4.90 Å². The number of phenols is 1. The van der Waals surface area contributed by atoms with E-state index in [1.54, 1.807) is 18.2 Å². The largest absolute Gasteiger partial charge is 0.508 e. The Labute approximate surface area is 92.9 Å². The van der Waals surface area contributed by atoms with Crippen molar-refractivity contribution in [3.8, 4) is 5.75 Å². The maximum Gasteiger partial charge on any atom is 0.482 e. The molecule has 0 fully saturated rings. The van der Waals surface area contributed by atoms with Crippen LogP contribution >= 0.6 is 0 Å². The van der Waals surface area contributed by atoms with Crippen LogP contribution in [0.2, 0.25) is 0 Å². The fourth-order valence-electron chi connectivity index (χ4n) is 1.43. The number of rotatable bonds is 2. The summed E-state index contributed by atoms with van der Waals surface area (Å²) in [5.74, 6) is 3.04. The molecule has 4 N–H and O–H groups in total. The standard InChI is InChI=1S/C10H9NO4S/c11-15-16(13,14)10-4-2-7-5-9(12)3-1-8(7)6-10/h1-6H,11H3/q+1/p+1. The van der Waals surface area contributed by atoms with Crippen molar-refractivity contribution in [3.63, 3.8) is 0 Å². The van der Waals surface area contributed by atoms with Crippen LogP contribution in [0.1, 0.15) is 0 Å². The van der Waals surface area contributed by atoms with Crippen LogP contribution in [0.5, 0.6) is 5.75 Å². The molecule has 0 aliphatic carbocycles. The average Bonchev–Trinajstić information content (AvgIpc) is 2.28. The summed E-state index contributed by atoms with van der Waals surface area (Å²) in [6.45, 7) is 0. The molecule has 83 valence electrons. The molecule has 1 atom stereocenters. The molecule has 1 radical (unpaired) electrons. The van der Waals surface area contributed by atoms with E-state index < -0.39 is 10.5 Å². The predicted molar refractivity (Wildman–Crippen MR) is 56.6 cm³/mol. The lowest BCUT2D eigenvalue weighted by molar-refractivity contribution is -0.637. The zero-order chi connectivity index (χ0) is 11.8. The fraction of sp³-hybridized carbons (Fsp3) is 0. The van der Waals surface area contributed by atoms with Crippen molar-refractivity contribution in [2.24, 2.45) is 0 Å². The molecule has 0 aliphatic rings. The second-order valence-electron chi connectivity index (χ2n) is 3.27. The van der Waals surface area contributed by atoms with Crippen molar-refractivity contribution < 1.29 is 24.0 Å². The quantitative estimate of drug-likeness (QED) is 0.601. The second kappa shape index (κ2) is 3.84. The van der Waals surface area contributed by atoms with Crippen LogP contribution in [0, 0.1) is 0 Å². The maximum absolute atomic E-state index is 11.4. The first-order chi connectivity index (χ1) is 7.53. The number of quaternary nitrogens is 1. The lowest BCUT2D eigenvalue weighted by Gasteiger charge is -1.99. The third kappa shape index (κ3) is 1.91. The van der Waals surface area contributed by atoms with Crippen LogP contribution in [-0.4, -0.2) is 5.11 Å². The van der Waals surface area contributed by atoms with Gasteiger partial charge >= 0.3 is 10.5 Å². The molecule has 2 aromatic rings. The average molecular weight is 240 g/mol. The molecule has 0 heterocycles. The minimum absolute atomic E-state index is 0.0423. The molecule has 16 heavy (non-hydrogen) atoms. The fourth-order valence-corrected chi connectivity index (χ4v) is 2.08. The monoisotopic (exact) mass is 240 g/mol. The first-order valence-corrected chi connectivity index (χ1v) is 5.85. The molecule has 0 aliphatic heterocycles. The van der Waals surface area contributed by atoms with E-state index >= 15 is 0 Å². The van der Waals surface area contributed by atoms with Crippen molar-refractivity contribution in [2.75, 3.05) is 0 Å². The lowest BCUT2D eigenvalue weighted by atomic mass is 10.1. The van der Waals surface area contributed by atoms with Gasteiger partial charge in [-0.25, -0.2) is 0 Å². The van der Waals surface area contributed by atoms with Crippen LogP contribution in [0.4, 0.5) is 0 Å². The highest BCUT2D eigenvalue weighted by atomic mass is 32.3. The highest BCUT2D eigenvalue weighted by Crippen LogP contribution is 2.25. The van der Waals surface area contributed by atoms with Crippen LogP contribution in [0.15, 0.2) is 41.3 Å². The van der Waals surface area contributed by atoms with E-state index in [-0.39, 0.29) is 10.6 Å². The molecule has 0 saturated carbocycles. The van der Waals surface area contributed by atoms with Gasteiger partial charge in [0.2, 0.25) is 4.90 Å². The van der Waals surface area contributed by atoms with E-state index in [1.165, 1.54) is 18.2 Å². The molecule has 0 aromatic heterocycles. The Kier molecular flexibility index (Phi) is 2.64. The van der Waals surface area contributed by atoms with Gasteiger partial charge in [0.1, 0.15) is 5.75 Å². The normalized spacial score (nSPS) is 14.9. The summed E-state index contributed by atoms with van der Waals surface area (Å²) in [6.07, 6.45) is 0. The zero-order valence-corrected chi connectivity index (χ0v) is 9.07. The summed E-state index contributed by atoms with van der Waals surface area (Å²) < 4.78 is 26.9. The minimum atomic E-state index is -3.77. The van der Waals surface area contributed by atoms with E-state index in [0.717, 1.165) is 5.39 Å². The molecule has 2 aromatic carbocycles. The van der Waals surface area contributed by atoms with Gasteiger partial charge in [0.25, 0.3) is 0 Å². The van der Waals surface area contributed by atoms with E-state index in [4.69, 9.17) is 0 Å². The van der Waals surface area contributed by atoms with Gasteiger partial charge in [-0.3, -0.25) is 0 Å². The maximum atomic E-state index is 11.4. The molecular weight excluding hydrogens is 230 g/mol. The van der Waals surface area contributed by atoms with E-state index in [1.807, 2.05) is 0 Å². The molecule has 1 unspecified atom stereocenters. The molecule has 0 bridgehead atoms. The zero-order valence-electron chi connectivity index (χ0n) is 8.25. The molecule has 0 saturated heterocycles. The Morgan fingerprint density at radius 3 is 2.44 bits per heavy atom. The lowest BCUT2D eigenvalue weighted by Crippen LogP contribution is -2.52. The third-order valence-corrected chi connectivity index (χ3v) is 3.38. The number of benzene rings is 2. The van der Waals surface area contributed by atoms with Gasteiger partial charge in [0.05, 0.1) is 8.84 Å². The summed E-state index contributed by atoms with van der Waals surface area (Å²) in [7, 11) is -3.77. The van der Waals surface area contributed by atoms with Crippen molar-refractivity contribution >= 4 is 21.3 Å². The summed E-state index contributed by atoms with van der Waals surface area (Å²) in [5.41, 5.74) is 0. The topological polar surface area (TPSA) is 94.1 Å². The highest BCUT2D eigenvalue weighted by Gasteiger charge is 2.36. The van der Waals surface area contributed by atoms with Gasteiger partial charge in [0.15, 0.2) is 0 Å². The van der Waals surface area contributed by atoms with Crippen LogP contribution in [0.25, 0.3) is 10.8 Å². The van der Waals surface area contributed by atoms with Gasteiger partial charge in [0, 0.05) is 12.1 Å². The first kappa shape index (κ1) is 11.0. The summed E-state index contributed by atoms with van der Waals surface area (Å²) in [6, 6.07) is 9.14. The number of aromatic hydroxyl groups is 1. The molecular formula is C10H10NO4S+2. The molecule has 0 spiro atoms. The molecule has 6 heteroatoms. The minimum Gasteiger partial charge on any atom is -0.508 e. The Morgan fingerprint density at radius 1 is 1.12 bits per heavy atom. The summed E-state index contributed by atoms with van der Waals surface area (Å²) >= 11 is 0. The predicted octanol–water partition coefficient (Wildman–Crippen LogP) is 0.838. The Balaban J connectivity index is 2.61. The Bertz CT molecular complexity index is 584. The van der Waals surface area contributed by atoms with Gasteiger partial charge in [-0.1, -0.05) is 6.07 Å². The second-order valence-corrected chi connectivity index (χ2v) is 4.88. The van der Waals surface area contributed by atoms with Gasteiger partial charge in [-0.05, 0) is 33.2 Å². The number of phenolic OH excluding ortho intramolecular Hbond substituents is 1. The van der Waals surface area contributed by atoms with Crippen molar-refractivity contribution in [1.82, 2.24) is 0 Å². The Morgan fingerprint density at radius 2 is 1.75 bits per heavy atom. The van der Waals surface area contributed by atoms with Crippen LogP contribution in [0.3, 0.4) is 0 Å². The van der Waals surface area contributed by atoms with E-state index in [2.05, 4.69) is 10.2 Å². The molecule has 2 rings (SSSR count). The number of fused-ring (bicyclic) bond motifs is 1. The summed E-state index contributed by atoms with van der Waals surface area (Å²) in [4.78, 5) is 0.0423. The summed E-state index contributed by atoms with van der Waals surface area (Å²) in [5, 5.41) is 10.7. The molecule has 0 amide bonds. The van der Waals surface area contributed by atoms with Crippen molar-refractivity contribution in [1.29, 1.82) is 0 Å². The van der Waals surface area contributed by atoms with Gasteiger partial charge in [-0.2, -0.15) is 5.90 Å². The van der Waals surface area contributed by atoms with Gasteiger partial charge < -0.3 is 5.11 Å². The Hall–Kier alpha value is -1.47. The van der Waals surface area contributed by atoms with Crippen LogP contribution in [-0.2, 0) is 23.5 Å². The number of hydrogen-bond donors (Lipinski definition) is 2. The smallest absolute Gasteiger partial charge is 0.482 e. The number of hydrogen-bond acceptors (Lipinski definition) is 3. The third-order valence-electron chi connectivity index (χ3n) is 2.24. The van der Waals surface area contributed by atoms with E-state index in [0.29, 0.717) is 5.39 Å². The SMILES string of the molecule is [NH3+]O[S+]([O])(=O)c1ccc2cc(O)ccc2c1.